The molecule has 0 saturated carbocycles. The van der Waals surface area contributed by atoms with Crippen molar-refractivity contribution in [3.8, 4) is 0 Å². The number of anilines is 1. The Labute approximate surface area is 186 Å². The molecule has 2 amide bonds. The van der Waals surface area contributed by atoms with Crippen molar-refractivity contribution in [2.24, 2.45) is 0 Å². The van der Waals surface area contributed by atoms with Gasteiger partial charge in [-0.05, 0) is 60.8 Å². The third kappa shape index (κ3) is 3.41. The number of nitrogens with zero attached hydrogens (tertiary/aromatic N) is 2. The minimum absolute atomic E-state index is 0.339. The molecule has 6 rings (SSSR count). The predicted octanol–water partition coefficient (Wildman–Crippen LogP) is 1.92. The number of amides is 2. The lowest BCUT2D eigenvalue weighted by molar-refractivity contribution is -0.0716. The largest absolute Gasteiger partial charge is 0.430 e. The number of hydrogen-bond acceptors (Lipinski definition) is 7. The fourth-order valence-electron chi connectivity index (χ4n) is 5.32. The number of aryl methyl sites for hydroxylation is 2. The van der Waals surface area contributed by atoms with Gasteiger partial charge in [-0.1, -0.05) is 6.07 Å². The minimum Gasteiger partial charge on any atom is -0.430 e. The Balaban J connectivity index is 1.20. The molecule has 0 spiro atoms. The Morgan fingerprint density at radius 3 is 2.44 bits per heavy atom. The number of rotatable bonds is 4. The highest BCUT2D eigenvalue weighted by Gasteiger charge is 2.34. The van der Waals surface area contributed by atoms with Crippen LogP contribution in [0.1, 0.15) is 46.5 Å². The van der Waals surface area contributed by atoms with Crippen molar-refractivity contribution in [3.05, 3.63) is 39.8 Å². The lowest BCUT2D eigenvalue weighted by Gasteiger charge is -2.38. The number of benzene rings is 1. The lowest BCUT2D eigenvalue weighted by Crippen LogP contribution is -2.50. The van der Waals surface area contributed by atoms with Crippen molar-refractivity contribution >= 4 is 21.7 Å². The van der Waals surface area contributed by atoms with Gasteiger partial charge in [-0.15, -0.1) is 0 Å². The van der Waals surface area contributed by atoms with Gasteiger partial charge < -0.3 is 14.5 Å². The van der Waals surface area contributed by atoms with Gasteiger partial charge in [0.1, 0.15) is 5.76 Å². The molecule has 0 unspecified atom stereocenters. The molecule has 0 radical (unpaired) electrons. The van der Waals surface area contributed by atoms with Gasteiger partial charge in [0.15, 0.2) is 0 Å². The maximum atomic E-state index is 12.8. The minimum atomic E-state index is -4.21. The highest BCUT2D eigenvalue weighted by atomic mass is 32.2. The van der Waals surface area contributed by atoms with Crippen LogP contribution in [0.3, 0.4) is 0 Å². The molecule has 2 aliphatic carbocycles. The van der Waals surface area contributed by atoms with Gasteiger partial charge in [0, 0.05) is 18.7 Å². The van der Waals surface area contributed by atoms with E-state index in [-0.39, 0.29) is 0 Å². The summed E-state index contributed by atoms with van der Waals surface area (Å²) in [5, 5.41) is 2.40. The summed E-state index contributed by atoms with van der Waals surface area (Å²) in [6.07, 6.45) is 6.53. The third-order valence-corrected chi connectivity index (χ3v) is 8.14. The lowest BCUT2D eigenvalue weighted by atomic mass is 9.99. The quantitative estimate of drug-likeness (QED) is 0.720. The van der Waals surface area contributed by atoms with Crippen molar-refractivity contribution in [2.75, 3.05) is 25.1 Å². The summed E-state index contributed by atoms with van der Waals surface area (Å²) < 4.78 is 38.6. The molecule has 0 atom stereocenters. The van der Waals surface area contributed by atoms with Crippen LogP contribution in [0.5, 0.6) is 0 Å². The molecular formula is C22H26N4O5S. The standard InChI is InChI=1S/C22H26N4O5S/c27-21(24-20-16-5-1-3-13(16)9-14-4-2-6-17(14)20)25-32(28,29)22-23-18-7-8-26(10-19(18)31-22)15-11-30-12-15/h9,15H,1-8,10-12H2,(H2,24,25,27). The first kappa shape index (κ1) is 20.2. The van der Waals surface area contributed by atoms with Crippen LogP contribution < -0.4 is 10.0 Å². The van der Waals surface area contributed by atoms with Crippen LogP contribution in [-0.4, -0.2) is 50.1 Å². The summed E-state index contributed by atoms with van der Waals surface area (Å²) >= 11 is 0. The monoisotopic (exact) mass is 458 g/mol. The second kappa shape index (κ2) is 7.57. The molecular weight excluding hydrogens is 432 g/mol. The molecule has 2 aliphatic heterocycles. The van der Waals surface area contributed by atoms with E-state index < -0.39 is 21.3 Å². The Hall–Kier alpha value is -2.43. The molecule has 2 N–H and O–H groups in total. The van der Waals surface area contributed by atoms with Gasteiger partial charge in [-0.25, -0.2) is 14.5 Å². The predicted molar refractivity (Wildman–Crippen MR) is 115 cm³/mol. The second-order valence-electron chi connectivity index (χ2n) is 9.06. The number of nitrogens with one attached hydrogen (secondary N) is 2. The van der Waals surface area contributed by atoms with Gasteiger partial charge in [0.25, 0.3) is 0 Å². The third-order valence-electron chi connectivity index (χ3n) is 7.05. The molecule has 1 aromatic heterocycles. The Morgan fingerprint density at radius 2 is 1.78 bits per heavy atom. The summed E-state index contributed by atoms with van der Waals surface area (Å²) in [6.45, 7) is 2.65. The number of carbonyl (C=O) groups excluding carboxylic acids is 1. The van der Waals surface area contributed by atoms with Crippen LogP contribution in [0.15, 0.2) is 15.7 Å². The molecule has 1 fully saturated rings. The van der Waals surface area contributed by atoms with Gasteiger partial charge in [-0.3, -0.25) is 4.90 Å². The first-order valence-electron chi connectivity index (χ1n) is 11.3. The van der Waals surface area contributed by atoms with Gasteiger partial charge >= 0.3 is 21.3 Å². The topological polar surface area (TPSA) is 114 Å². The van der Waals surface area contributed by atoms with Gasteiger partial charge in [0.05, 0.1) is 31.5 Å². The first-order valence-corrected chi connectivity index (χ1v) is 12.8. The van der Waals surface area contributed by atoms with Gasteiger partial charge in [0.2, 0.25) is 0 Å². The van der Waals surface area contributed by atoms with Crippen molar-refractivity contribution in [2.45, 2.75) is 62.8 Å². The number of aromatic nitrogens is 1. The summed E-state index contributed by atoms with van der Waals surface area (Å²) in [5.74, 6) is 0.544. The van der Waals surface area contributed by atoms with E-state index in [9.17, 15) is 13.2 Å². The number of hydrogen-bond donors (Lipinski definition) is 2. The fraction of sp³-hybridized carbons (Fsp3) is 0.545. The van der Waals surface area contributed by atoms with Crippen LogP contribution in [0.2, 0.25) is 0 Å². The highest BCUT2D eigenvalue weighted by molar-refractivity contribution is 7.89. The average molecular weight is 459 g/mol. The van der Waals surface area contributed by atoms with Gasteiger partial charge in [-0.2, -0.15) is 8.42 Å². The van der Waals surface area contributed by atoms with Crippen LogP contribution in [0.25, 0.3) is 0 Å². The molecule has 170 valence electrons. The fourth-order valence-corrected chi connectivity index (χ4v) is 6.15. The number of sulfonamides is 1. The van der Waals surface area contributed by atoms with Crippen LogP contribution in [0.4, 0.5) is 10.5 Å². The molecule has 0 bridgehead atoms. The van der Waals surface area contributed by atoms with Crippen LogP contribution in [0, 0.1) is 0 Å². The zero-order chi connectivity index (χ0) is 21.9. The van der Waals surface area contributed by atoms with E-state index in [0.29, 0.717) is 43.7 Å². The maximum Gasteiger partial charge on any atom is 0.336 e. The highest BCUT2D eigenvalue weighted by Crippen LogP contribution is 2.38. The van der Waals surface area contributed by atoms with Crippen molar-refractivity contribution in [3.63, 3.8) is 0 Å². The molecule has 3 heterocycles. The van der Waals surface area contributed by atoms with E-state index in [2.05, 4.69) is 26.0 Å². The Morgan fingerprint density at radius 1 is 1.06 bits per heavy atom. The molecule has 9 nitrogen and oxygen atoms in total. The van der Waals surface area contributed by atoms with Crippen molar-refractivity contribution in [1.29, 1.82) is 0 Å². The smallest absolute Gasteiger partial charge is 0.336 e. The van der Waals surface area contributed by atoms with Crippen molar-refractivity contribution in [1.82, 2.24) is 14.6 Å². The zero-order valence-electron chi connectivity index (χ0n) is 17.8. The Bertz CT molecular complexity index is 1170. The molecule has 10 heteroatoms. The summed E-state index contributed by atoms with van der Waals surface area (Å²) in [5.41, 5.74) is 6.26. The number of urea groups is 1. The first-order chi connectivity index (χ1) is 15.5. The number of fused-ring (bicyclic) bond motifs is 3. The van der Waals surface area contributed by atoms with E-state index in [1.165, 1.54) is 11.1 Å². The molecule has 2 aromatic rings. The van der Waals surface area contributed by atoms with E-state index in [4.69, 9.17) is 9.15 Å². The second-order valence-corrected chi connectivity index (χ2v) is 10.6. The van der Waals surface area contributed by atoms with Crippen LogP contribution >= 0.6 is 0 Å². The Kier molecular flexibility index (Phi) is 4.78. The molecule has 4 aliphatic rings. The normalized spacial score (nSPS) is 20.4. The number of ether oxygens (including phenoxy) is 1. The summed E-state index contributed by atoms with van der Waals surface area (Å²) in [6, 6.07) is 1.83. The summed E-state index contributed by atoms with van der Waals surface area (Å²) in [7, 11) is -4.21. The number of carbonyl (C=O) groups is 1. The maximum absolute atomic E-state index is 12.8. The SMILES string of the molecule is O=C(Nc1c2c(cc3c1CCC3)CCC2)NS(=O)(=O)c1nc2c(o1)CN(C1COC1)CC2. The van der Waals surface area contributed by atoms with E-state index in [1.807, 2.05) is 0 Å². The van der Waals surface area contributed by atoms with E-state index >= 15 is 0 Å². The van der Waals surface area contributed by atoms with E-state index in [1.54, 1.807) is 0 Å². The molecule has 1 saturated heterocycles. The molecule has 32 heavy (non-hydrogen) atoms. The zero-order valence-corrected chi connectivity index (χ0v) is 18.6. The van der Waals surface area contributed by atoms with E-state index in [0.717, 1.165) is 61.9 Å². The van der Waals surface area contributed by atoms with Crippen LogP contribution in [-0.2, 0) is 53.4 Å². The number of oxazole rings is 1. The van der Waals surface area contributed by atoms with Crippen molar-refractivity contribution < 1.29 is 22.4 Å². The average Bonchev–Trinajstić information content (AvgIpc) is 3.44. The summed E-state index contributed by atoms with van der Waals surface area (Å²) in [4.78, 5) is 19.1. The molecule has 1 aromatic carbocycles.